The van der Waals surface area contributed by atoms with Crippen LogP contribution in [0, 0.1) is 0 Å². The van der Waals surface area contributed by atoms with E-state index in [1.54, 1.807) is 43.3 Å². The lowest BCUT2D eigenvalue weighted by Crippen LogP contribution is -2.28. The Morgan fingerprint density at radius 2 is 1.50 bits per heavy atom. The van der Waals surface area contributed by atoms with Gasteiger partial charge in [0.2, 0.25) is 0 Å². The molecule has 1 saturated heterocycles. The molecular weight excluding hydrogens is 351 g/mol. The van der Waals surface area contributed by atoms with Crippen molar-refractivity contribution in [3.63, 3.8) is 0 Å². The third-order valence-corrected chi connectivity index (χ3v) is 4.18. The van der Waals surface area contributed by atoms with Gasteiger partial charge in [-0.15, -0.1) is 0 Å². The Morgan fingerprint density at radius 3 is 2.04 bits per heavy atom. The van der Waals surface area contributed by atoms with Crippen LogP contribution < -0.4 is 0 Å². The predicted octanol–water partition coefficient (Wildman–Crippen LogP) is 4.71. The van der Waals surface area contributed by atoms with Crippen LogP contribution in [0.4, 0.5) is 0 Å². The van der Waals surface area contributed by atoms with Crippen molar-refractivity contribution in [3.8, 4) is 0 Å². The van der Waals surface area contributed by atoms with Crippen molar-refractivity contribution >= 4 is 29.2 Å². The molecule has 0 bridgehead atoms. The highest BCUT2D eigenvalue weighted by Gasteiger charge is 2.43. The largest absolute Gasteiger partial charge is 0.464 e. The molecule has 1 aliphatic rings. The zero-order chi connectivity index (χ0) is 17.1. The topological polar surface area (TPSA) is 44.8 Å². The second-order valence-corrected chi connectivity index (χ2v) is 6.17. The van der Waals surface area contributed by atoms with Gasteiger partial charge in [0.1, 0.15) is 6.10 Å². The van der Waals surface area contributed by atoms with Gasteiger partial charge >= 0.3 is 5.97 Å². The number of benzene rings is 2. The van der Waals surface area contributed by atoms with Gasteiger partial charge in [0, 0.05) is 15.6 Å². The molecule has 0 saturated carbocycles. The highest BCUT2D eigenvalue weighted by molar-refractivity contribution is 6.30. The molecule has 0 N–H and O–H groups in total. The van der Waals surface area contributed by atoms with Gasteiger partial charge in [-0.3, -0.25) is 0 Å². The zero-order valence-corrected chi connectivity index (χ0v) is 14.5. The first-order valence-corrected chi connectivity index (χ1v) is 8.32. The van der Waals surface area contributed by atoms with E-state index in [2.05, 4.69) is 0 Å². The van der Waals surface area contributed by atoms with Crippen LogP contribution >= 0.6 is 23.2 Å². The van der Waals surface area contributed by atoms with Crippen molar-refractivity contribution in [2.24, 2.45) is 0 Å². The Hall–Kier alpha value is -1.59. The first-order valence-electron chi connectivity index (χ1n) is 7.57. The Kier molecular flexibility index (Phi) is 5.41. The molecule has 0 radical (unpaired) electrons. The molecule has 3 atom stereocenters. The summed E-state index contributed by atoms with van der Waals surface area (Å²) in [6.45, 7) is 2.03. The maximum Gasteiger partial charge on any atom is 0.338 e. The fraction of sp³-hybridized carbons (Fsp3) is 0.278. The van der Waals surface area contributed by atoms with Crippen LogP contribution in [0.2, 0.25) is 10.0 Å². The number of hydrogen-bond acceptors (Lipinski definition) is 4. The molecule has 0 amide bonds. The van der Waals surface area contributed by atoms with E-state index < -0.39 is 24.5 Å². The molecule has 4 nitrogen and oxygen atoms in total. The minimum Gasteiger partial charge on any atom is -0.464 e. The number of carbonyl (C=O) groups excluding carboxylic acids is 1. The number of halogens is 2. The molecule has 1 fully saturated rings. The van der Waals surface area contributed by atoms with Gasteiger partial charge < -0.3 is 14.2 Å². The molecule has 3 rings (SSSR count). The van der Waals surface area contributed by atoms with Gasteiger partial charge in [0.15, 0.2) is 12.4 Å². The van der Waals surface area contributed by atoms with Gasteiger partial charge in [-0.1, -0.05) is 47.5 Å². The van der Waals surface area contributed by atoms with Crippen molar-refractivity contribution < 1.29 is 19.0 Å². The van der Waals surface area contributed by atoms with Crippen molar-refractivity contribution in [3.05, 3.63) is 69.7 Å². The third kappa shape index (κ3) is 3.73. The van der Waals surface area contributed by atoms with Gasteiger partial charge in [-0.2, -0.15) is 0 Å². The molecule has 0 aliphatic carbocycles. The second-order valence-electron chi connectivity index (χ2n) is 5.30. The van der Waals surface area contributed by atoms with Gasteiger partial charge in [0.25, 0.3) is 0 Å². The van der Waals surface area contributed by atoms with Crippen LogP contribution in [0.5, 0.6) is 0 Å². The summed E-state index contributed by atoms with van der Waals surface area (Å²) in [6, 6.07) is 14.2. The maximum absolute atomic E-state index is 12.3. The Morgan fingerprint density at radius 1 is 0.958 bits per heavy atom. The number of hydrogen-bond donors (Lipinski definition) is 0. The van der Waals surface area contributed by atoms with E-state index in [1.165, 1.54) is 0 Å². The van der Waals surface area contributed by atoms with E-state index in [9.17, 15) is 4.79 Å². The summed E-state index contributed by atoms with van der Waals surface area (Å²) >= 11 is 11.8. The molecule has 0 spiro atoms. The summed E-state index contributed by atoms with van der Waals surface area (Å²) in [4.78, 5) is 12.3. The highest BCUT2D eigenvalue weighted by atomic mass is 35.5. The molecule has 0 unspecified atom stereocenters. The van der Waals surface area contributed by atoms with Crippen LogP contribution in [0.15, 0.2) is 48.5 Å². The van der Waals surface area contributed by atoms with Crippen LogP contribution in [-0.2, 0) is 19.0 Å². The van der Waals surface area contributed by atoms with Crippen LogP contribution in [0.25, 0.3) is 0 Å². The number of ether oxygens (including phenoxy) is 3. The summed E-state index contributed by atoms with van der Waals surface area (Å²) in [7, 11) is 0. The molecule has 6 heteroatoms. The number of rotatable bonds is 4. The number of carbonyl (C=O) groups is 1. The Balaban J connectivity index is 1.87. The first kappa shape index (κ1) is 17.2. The zero-order valence-electron chi connectivity index (χ0n) is 12.9. The molecular formula is C18H16Cl2O4. The lowest BCUT2D eigenvalue weighted by atomic mass is 10.0. The fourth-order valence-corrected chi connectivity index (χ4v) is 2.78. The monoisotopic (exact) mass is 366 g/mol. The summed E-state index contributed by atoms with van der Waals surface area (Å²) in [5.41, 5.74) is 1.58. The van der Waals surface area contributed by atoms with Crippen LogP contribution in [0.3, 0.4) is 0 Å². The van der Waals surface area contributed by atoms with E-state index in [1.807, 2.05) is 12.1 Å². The molecule has 2 aromatic carbocycles. The smallest absolute Gasteiger partial charge is 0.338 e. The first-order chi connectivity index (χ1) is 11.6. The van der Waals surface area contributed by atoms with E-state index in [0.717, 1.165) is 11.1 Å². The van der Waals surface area contributed by atoms with Crippen LogP contribution in [-0.4, -0.2) is 18.7 Å². The average Bonchev–Trinajstić information content (AvgIpc) is 3.02. The molecule has 2 aromatic rings. The minimum atomic E-state index is -0.841. The van der Waals surface area contributed by atoms with Gasteiger partial charge in [-0.25, -0.2) is 4.79 Å². The third-order valence-electron chi connectivity index (χ3n) is 3.67. The number of esters is 1. The lowest BCUT2D eigenvalue weighted by molar-refractivity contribution is -0.157. The average molecular weight is 367 g/mol. The lowest BCUT2D eigenvalue weighted by Gasteiger charge is -2.15. The summed E-state index contributed by atoms with van der Waals surface area (Å²) in [5, 5.41) is 1.23. The van der Waals surface area contributed by atoms with Gasteiger partial charge in [0.05, 0.1) is 6.61 Å². The molecule has 24 heavy (non-hydrogen) atoms. The molecule has 1 aliphatic heterocycles. The van der Waals surface area contributed by atoms with Crippen molar-refractivity contribution in [2.75, 3.05) is 6.61 Å². The molecule has 126 valence electrons. The Labute approximate surface area is 150 Å². The maximum atomic E-state index is 12.3. The highest BCUT2D eigenvalue weighted by Crippen LogP contribution is 2.40. The minimum absolute atomic E-state index is 0.275. The molecule has 1 heterocycles. The molecule has 0 aromatic heterocycles. The summed E-state index contributed by atoms with van der Waals surface area (Å²) < 4.78 is 16.9. The van der Waals surface area contributed by atoms with Crippen molar-refractivity contribution in [1.82, 2.24) is 0 Å². The van der Waals surface area contributed by atoms with Crippen LogP contribution in [0.1, 0.15) is 30.4 Å². The summed E-state index contributed by atoms with van der Waals surface area (Å²) in [6.07, 6.45) is -2.08. The standard InChI is InChI=1S/C18H16Cl2O4/c1-2-22-17(21)16-15(11-3-7-13(19)8-4-11)23-18(24-16)12-5-9-14(20)10-6-12/h3-10,15-16,18H,2H2,1H3/t15-,16+,18-/m1/s1. The Bertz CT molecular complexity index is 700. The van der Waals surface area contributed by atoms with Crippen molar-refractivity contribution in [2.45, 2.75) is 25.4 Å². The van der Waals surface area contributed by atoms with E-state index >= 15 is 0 Å². The normalized spacial score (nSPS) is 23.2. The quantitative estimate of drug-likeness (QED) is 0.734. The SMILES string of the molecule is CCOC(=O)[C@H]1O[C@H](c2ccc(Cl)cc2)O[C@@H]1c1ccc(Cl)cc1. The van der Waals surface area contributed by atoms with E-state index in [0.29, 0.717) is 10.0 Å². The predicted molar refractivity (Wildman–Crippen MR) is 91.0 cm³/mol. The van der Waals surface area contributed by atoms with E-state index in [4.69, 9.17) is 37.4 Å². The second kappa shape index (κ2) is 7.53. The van der Waals surface area contributed by atoms with E-state index in [-0.39, 0.29) is 6.61 Å². The fourth-order valence-electron chi connectivity index (χ4n) is 2.53. The van der Waals surface area contributed by atoms with Crippen molar-refractivity contribution in [1.29, 1.82) is 0 Å². The summed E-state index contributed by atoms with van der Waals surface area (Å²) in [5.74, 6) is -0.450. The van der Waals surface area contributed by atoms with Gasteiger partial charge in [-0.05, 0) is 36.8 Å².